The maximum absolute atomic E-state index is 12.5. The van der Waals surface area contributed by atoms with Crippen LogP contribution in [0, 0.1) is 18.3 Å². The van der Waals surface area contributed by atoms with Gasteiger partial charge in [-0.05, 0) is 49.2 Å². The number of nitrogens with one attached hydrogen (secondary N) is 2. The van der Waals surface area contributed by atoms with Crippen LogP contribution in [0.5, 0.6) is 0 Å². The molecule has 0 spiro atoms. The predicted molar refractivity (Wildman–Crippen MR) is 131 cm³/mol. The average Bonchev–Trinajstić information content (AvgIpc) is 3.43. The molecule has 2 N–H and O–H groups in total. The van der Waals surface area contributed by atoms with E-state index in [4.69, 9.17) is 0 Å². The molecule has 1 aliphatic rings. The van der Waals surface area contributed by atoms with Gasteiger partial charge in [0.15, 0.2) is 0 Å². The van der Waals surface area contributed by atoms with Gasteiger partial charge in [0.1, 0.15) is 6.07 Å². The first-order valence-corrected chi connectivity index (χ1v) is 10.9. The molecule has 34 heavy (non-hydrogen) atoms. The van der Waals surface area contributed by atoms with Gasteiger partial charge in [0.25, 0.3) is 11.8 Å². The predicted octanol–water partition coefficient (Wildman–Crippen LogP) is 5.19. The smallest absolute Gasteiger partial charge is 0.261 e. The number of fused-ring (bicyclic) bond motifs is 2. The number of amides is 2. The Morgan fingerprint density at radius 1 is 1.09 bits per heavy atom. The monoisotopic (exact) mass is 447 g/mol. The van der Waals surface area contributed by atoms with Crippen molar-refractivity contribution >= 4 is 40.2 Å². The van der Waals surface area contributed by atoms with E-state index in [0.717, 1.165) is 27.7 Å². The van der Waals surface area contributed by atoms with Crippen LogP contribution in [-0.2, 0) is 0 Å². The summed E-state index contributed by atoms with van der Waals surface area (Å²) in [7, 11) is 0. The lowest BCUT2D eigenvalue weighted by Gasteiger charge is -2.14. The van der Waals surface area contributed by atoms with Crippen LogP contribution in [0.1, 0.15) is 43.8 Å². The highest BCUT2D eigenvalue weighted by Crippen LogP contribution is 2.31. The maximum Gasteiger partial charge on any atom is 0.261 e. The minimum atomic E-state index is -0.264. The molecule has 0 fully saturated rings. The Morgan fingerprint density at radius 3 is 2.59 bits per heavy atom. The number of anilines is 2. The Labute approximate surface area is 196 Å². The minimum Gasteiger partial charge on any atom is -0.361 e. The van der Waals surface area contributed by atoms with E-state index in [2.05, 4.69) is 21.4 Å². The first kappa shape index (κ1) is 21.2. The molecular weight excluding hydrogens is 426 g/mol. The summed E-state index contributed by atoms with van der Waals surface area (Å²) in [5.74, 6) is -0.528. The number of carbonyl (C=O) groups excluding carboxylic acids is 2. The molecule has 0 radical (unpaired) electrons. The van der Waals surface area contributed by atoms with Crippen LogP contribution in [-0.4, -0.2) is 33.2 Å². The molecule has 0 saturated heterocycles. The van der Waals surface area contributed by atoms with Gasteiger partial charge in [-0.2, -0.15) is 5.26 Å². The number of hydrogen-bond acceptors (Lipinski definition) is 5. The highest BCUT2D eigenvalue weighted by molar-refractivity contribution is 6.21. The number of nitrogens with zero attached hydrogens (tertiary/aromatic N) is 3. The van der Waals surface area contributed by atoms with Crippen LogP contribution in [0.4, 0.5) is 11.4 Å². The lowest BCUT2D eigenvalue weighted by molar-refractivity contribution is 0.0657. The van der Waals surface area contributed by atoms with Crippen LogP contribution in [0.15, 0.2) is 67.1 Å². The van der Waals surface area contributed by atoms with Crippen molar-refractivity contribution in [2.24, 2.45) is 0 Å². The molecule has 2 aromatic heterocycles. The molecule has 2 aromatic carbocycles. The van der Waals surface area contributed by atoms with Gasteiger partial charge in [-0.15, -0.1) is 0 Å². The van der Waals surface area contributed by atoms with Crippen molar-refractivity contribution in [3.8, 4) is 6.07 Å². The van der Waals surface area contributed by atoms with Crippen LogP contribution in [0.25, 0.3) is 17.0 Å². The molecule has 5 rings (SSSR count). The van der Waals surface area contributed by atoms with Gasteiger partial charge in [-0.25, -0.2) is 0 Å². The summed E-state index contributed by atoms with van der Waals surface area (Å²) in [6, 6.07) is 15.1. The lowest BCUT2D eigenvalue weighted by Crippen LogP contribution is -2.30. The standard InChI is InChI=1S/C27H21N5O2/c1-17-20-11-12-30-24(20)10-9-23(17)31-25-18(15-29-16-19(25)14-28)6-4-5-13-32-26(33)21-7-2-3-8-22(21)27(32)34/h2-4,6-12,15-16,30H,5,13H2,1H3,(H,29,31)/b6-4+. The first-order valence-electron chi connectivity index (χ1n) is 10.9. The summed E-state index contributed by atoms with van der Waals surface area (Å²) in [6.07, 6.45) is 9.34. The quantitative estimate of drug-likeness (QED) is 0.396. The lowest BCUT2D eigenvalue weighted by atomic mass is 10.1. The third-order valence-electron chi connectivity index (χ3n) is 6.05. The zero-order chi connectivity index (χ0) is 23.7. The second kappa shape index (κ2) is 8.68. The Kier molecular flexibility index (Phi) is 5.40. The normalized spacial score (nSPS) is 13.0. The summed E-state index contributed by atoms with van der Waals surface area (Å²) in [5, 5.41) is 14.2. The molecule has 0 saturated carbocycles. The first-order chi connectivity index (χ1) is 16.6. The topological polar surface area (TPSA) is 102 Å². The number of aryl methyl sites for hydroxylation is 1. The molecule has 3 heterocycles. The van der Waals surface area contributed by atoms with Crippen molar-refractivity contribution in [1.82, 2.24) is 14.9 Å². The number of benzene rings is 2. The number of nitriles is 1. The molecule has 0 unspecified atom stereocenters. The molecule has 0 aliphatic carbocycles. The van der Waals surface area contributed by atoms with Gasteiger partial charge in [0.2, 0.25) is 0 Å². The van der Waals surface area contributed by atoms with Crippen molar-refractivity contribution in [3.63, 3.8) is 0 Å². The van der Waals surface area contributed by atoms with E-state index in [1.54, 1.807) is 30.5 Å². The summed E-state index contributed by atoms with van der Waals surface area (Å²) in [6.45, 7) is 2.31. The van der Waals surface area contributed by atoms with Crippen molar-refractivity contribution in [3.05, 3.63) is 94.9 Å². The second-order valence-corrected chi connectivity index (χ2v) is 8.06. The molecule has 1 aliphatic heterocycles. The van der Waals surface area contributed by atoms with Crippen molar-refractivity contribution in [2.45, 2.75) is 13.3 Å². The van der Waals surface area contributed by atoms with E-state index in [9.17, 15) is 14.9 Å². The molecule has 166 valence electrons. The van der Waals surface area contributed by atoms with Gasteiger partial charge in [-0.3, -0.25) is 19.5 Å². The fraction of sp³-hybridized carbons (Fsp3) is 0.111. The summed E-state index contributed by atoms with van der Waals surface area (Å²) in [5.41, 5.74) is 5.74. The zero-order valence-corrected chi connectivity index (χ0v) is 18.5. The number of rotatable bonds is 6. The number of H-pyrrole nitrogens is 1. The number of imide groups is 1. The zero-order valence-electron chi connectivity index (χ0n) is 18.5. The molecule has 4 aromatic rings. The largest absolute Gasteiger partial charge is 0.361 e. The van der Waals surface area contributed by atoms with Gasteiger partial charge >= 0.3 is 0 Å². The maximum atomic E-state index is 12.5. The Morgan fingerprint density at radius 2 is 1.85 bits per heavy atom. The number of carbonyl (C=O) groups is 2. The number of aromatic amines is 1. The third-order valence-corrected chi connectivity index (χ3v) is 6.05. The van der Waals surface area contributed by atoms with E-state index in [1.807, 2.05) is 43.5 Å². The third kappa shape index (κ3) is 3.61. The van der Waals surface area contributed by atoms with E-state index in [1.165, 1.54) is 11.1 Å². The highest BCUT2D eigenvalue weighted by atomic mass is 16.2. The Bertz CT molecular complexity index is 1470. The van der Waals surface area contributed by atoms with E-state index >= 15 is 0 Å². The summed E-state index contributed by atoms with van der Waals surface area (Å²) in [4.78, 5) is 33.7. The van der Waals surface area contributed by atoms with Crippen molar-refractivity contribution in [2.75, 3.05) is 11.9 Å². The molecule has 0 atom stereocenters. The van der Waals surface area contributed by atoms with Gasteiger partial charge in [0, 0.05) is 47.3 Å². The fourth-order valence-electron chi connectivity index (χ4n) is 4.24. The molecular formula is C27H21N5O2. The van der Waals surface area contributed by atoms with E-state index in [-0.39, 0.29) is 18.4 Å². The number of pyridine rings is 1. The van der Waals surface area contributed by atoms with Crippen LogP contribution in [0.2, 0.25) is 0 Å². The minimum absolute atomic E-state index is 0.264. The van der Waals surface area contributed by atoms with Crippen molar-refractivity contribution in [1.29, 1.82) is 5.26 Å². The van der Waals surface area contributed by atoms with Gasteiger partial charge < -0.3 is 10.3 Å². The Hall–Kier alpha value is -4.70. The van der Waals surface area contributed by atoms with Crippen LogP contribution < -0.4 is 5.32 Å². The summed E-state index contributed by atoms with van der Waals surface area (Å²) >= 11 is 0. The SMILES string of the molecule is Cc1c(Nc2c(C#N)cncc2/C=C/CCN2C(=O)c3ccccc3C2=O)ccc2[nH]ccc12. The fourth-order valence-corrected chi connectivity index (χ4v) is 4.24. The summed E-state index contributed by atoms with van der Waals surface area (Å²) < 4.78 is 0. The Balaban J connectivity index is 1.35. The number of aromatic nitrogens is 2. The van der Waals surface area contributed by atoms with Gasteiger partial charge in [0.05, 0.1) is 22.4 Å². The molecule has 0 bridgehead atoms. The van der Waals surface area contributed by atoms with E-state index in [0.29, 0.717) is 28.8 Å². The molecule has 7 nitrogen and oxygen atoms in total. The molecule has 2 amide bonds. The highest BCUT2D eigenvalue weighted by Gasteiger charge is 2.34. The van der Waals surface area contributed by atoms with Crippen LogP contribution >= 0.6 is 0 Å². The second-order valence-electron chi connectivity index (χ2n) is 8.06. The number of hydrogen-bond donors (Lipinski definition) is 2. The molecule has 7 heteroatoms. The van der Waals surface area contributed by atoms with Crippen LogP contribution in [0.3, 0.4) is 0 Å². The van der Waals surface area contributed by atoms with E-state index < -0.39 is 0 Å². The average molecular weight is 447 g/mol. The van der Waals surface area contributed by atoms with Gasteiger partial charge in [-0.1, -0.05) is 24.3 Å². The van der Waals surface area contributed by atoms with Crippen molar-refractivity contribution < 1.29 is 9.59 Å².